The molecule has 0 saturated carbocycles. The molecule has 0 fully saturated rings. The van der Waals surface area contributed by atoms with Gasteiger partial charge in [-0.15, -0.1) is 0 Å². The molecular formula is C12H15ClN4. The summed E-state index contributed by atoms with van der Waals surface area (Å²) in [5, 5.41) is 3.94. The summed E-state index contributed by atoms with van der Waals surface area (Å²) < 4.78 is 2.01. The SMILES string of the molecule is CNC(Cc1nccn1C)c1ccncc1Cl. The molecular weight excluding hydrogens is 236 g/mol. The molecule has 0 aliphatic carbocycles. The first-order valence-electron chi connectivity index (χ1n) is 5.45. The van der Waals surface area contributed by atoms with Crippen molar-refractivity contribution in [3.8, 4) is 0 Å². The van der Waals surface area contributed by atoms with Crippen LogP contribution in [0.3, 0.4) is 0 Å². The van der Waals surface area contributed by atoms with Crippen LogP contribution in [0.5, 0.6) is 0 Å². The molecule has 2 aromatic rings. The first kappa shape index (κ1) is 12.1. The zero-order chi connectivity index (χ0) is 12.3. The molecule has 1 atom stereocenters. The van der Waals surface area contributed by atoms with E-state index in [1.807, 2.05) is 30.9 Å². The van der Waals surface area contributed by atoms with Crippen molar-refractivity contribution in [2.45, 2.75) is 12.5 Å². The van der Waals surface area contributed by atoms with Gasteiger partial charge in [0.2, 0.25) is 0 Å². The maximum absolute atomic E-state index is 6.15. The van der Waals surface area contributed by atoms with Crippen molar-refractivity contribution >= 4 is 11.6 Å². The number of hydrogen-bond acceptors (Lipinski definition) is 3. The zero-order valence-electron chi connectivity index (χ0n) is 9.89. The number of imidazole rings is 1. The van der Waals surface area contributed by atoms with Gasteiger partial charge in [-0.3, -0.25) is 4.98 Å². The van der Waals surface area contributed by atoms with E-state index in [1.165, 1.54) is 0 Å². The molecule has 1 N–H and O–H groups in total. The highest BCUT2D eigenvalue weighted by Crippen LogP contribution is 2.23. The highest BCUT2D eigenvalue weighted by Gasteiger charge is 2.15. The van der Waals surface area contributed by atoms with Gasteiger partial charge >= 0.3 is 0 Å². The summed E-state index contributed by atoms with van der Waals surface area (Å²) in [7, 11) is 3.91. The van der Waals surface area contributed by atoms with Crippen molar-refractivity contribution in [3.63, 3.8) is 0 Å². The van der Waals surface area contributed by atoms with Crippen molar-refractivity contribution in [3.05, 3.63) is 47.3 Å². The fourth-order valence-electron chi connectivity index (χ4n) is 1.81. The van der Waals surface area contributed by atoms with Crippen LogP contribution in [0.25, 0.3) is 0 Å². The highest BCUT2D eigenvalue weighted by molar-refractivity contribution is 6.31. The molecule has 5 heteroatoms. The quantitative estimate of drug-likeness (QED) is 0.902. The topological polar surface area (TPSA) is 42.7 Å². The van der Waals surface area contributed by atoms with E-state index in [9.17, 15) is 0 Å². The van der Waals surface area contributed by atoms with Crippen LogP contribution in [0.2, 0.25) is 5.02 Å². The predicted molar refractivity (Wildman–Crippen MR) is 68.0 cm³/mol. The van der Waals surface area contributed by atoms with Gasteiger partial charge in [-0.05, 0) is 18.7 Å². The Balaban J connectivity index is 2.23. The molecule has 0 aliphatic rings. The lowest BCUT2D eigenvalue weighted by atomic mass is 10.1. The van der Waals surface area contributed by atoms with Crippen molar-refractivity contribution < 1.29 is 0 Å². The molecule has 2 rings (SSSR count). The maximum Gasteiger partial charge on any atom is 0.110 e. The van der Waals surface area contributed by atoms with E-state index in [2.05, 4.69) is 15.3 Å². The molecule has 0 saturated heterocycles. The molecule has 0 radical (unpaired) electrons. The van der Waals surface area contributed by atoms with Gasteiger partial charge in [0, 0.05) is 44.3 Å². The standard InChI is InChI=1S/C12H15ClN4/c1-14-11(7-12-16-5-6-17(12)2)9-3-4-15-8-10(9)13/h3-6,8,11,14H,7H2,1-2H3. The summed E-state index contributed by atoms with van der Waals surface area (Å²) in [4.78, 5) is 8.32. The largest absolute Gasteiger partial charge is 0.338 e. The summed E-state index contributed by atoms with van der Waals surface area (Å²) in [5.41, 5.74) is 1.05. The lowest BCUT2D eigenvalue weighted by Gasteiger charge is -2.17. The van der Waals surface area contributed by atoms with Crippen molar-refractivity contribution in [2.24, 2.45) is 7.05 Å². The molecule has 0 aromatic carbocycles. The van der Waals surface area contributed by atoms with Gasteiger partial charge in [-0.2, -0.15) is 0 Å². The van der Waals surface area contributed by atoms with E-state index in [-0.39, 0.29) is 6.04 Å². The Kier molecular flexibility index (Phi) is 3.76. The minimum absolute atomic E-state index is 0.145. The number of aromatic nitrogens is 3. The van der Waals surface area contributed by atoms with Crippen molar-refractivity contribution in [1.82, 2.24) is 19.9 Å². The van der Waals surface area contributed by atoms with E-state index in [1.54, 1.807) is 18.6 Å². The van der Waals surface area contributed by atoms with Gasteiger partial charge in [0.15, 0.2) is 0 Å². The lowest BCUT2D eigenvalue weighted by molar-refractivity contribution is 0.563. The number of nitrogens with one attached hydrogen (secondary N) is 1. The van der Waals surface area contributed by atoms with Crippen LogP contribution in [0.15, 0.2) is 30.9 Å². The average Bonchev–Trinajstić information content (AvgIpc) is 2.73. The fraction of sp³-hybridized carbons (Fsp3) is 0.333. The van der Waals surface area contributed by atoms with Crippen LogP contribution in [0.4, 0.5) is 0 Å². The van der Waals surface area contributed by atoms with Crippen LogP contribution in [0.1, 0.15) is 17.4 Å². The number of pyridine rings is 1. The van der Waals surface area contributed by atoms with Gasteiger partial charge in [0.05, 0.1) is 5.02 Å². The van der Waals surface area contributed by atoms with Crippen molar-refractivity contribution in [2.75, 3.05) is 7.05 Å². The molecule has 4 nitrogen and oxygen atoms in total. The molecule has 0 spiro atoms. The summed E-state index contributed by atoms with van der Waals surface area (Å²) >= 11 is 6.15. The molecule has 0 amide bonds. The summed E-state index contributed by atoms with van der Waals surface area (Å²) in [6.45, 7) is 0. The summed E-state index contributed by atoms with van der Waals surface area (Å²) in [6, 6.07) is 2.08. The fourth-order valence-corrected chi connectivity index (χ4v) is 2.06. The molecule has 2 heterocycles. The van der Waals surface area contributed by atoms with E-state index in [0.717, 1.165) is 17.8 Å². The normalized spacial score (nSPS) is 12.6. The molecule has 0 aliphatic heterocycles. The smallest absolute Gasteiger partial charge is 0.110 e. The Bertz CT molecular complexity index is 495. The number of hydrogen-bond donors (Lipinski definition) is 1. The summed E-state index contributed by atoms with van der Waals surface area (Å²) in [6.07, 6.45) is 7.96. The van der Waals surface area contributed by atoms with E-state index in [4.69, 9.17) is 11.6 Å². The predicted octanol–water partition coefficient (Wildman–Crippen LogP) is 1.97. The van der Waals surface area contributed by atoms with Crippen LogP contribution in [0, 0.1) is 0 Å². The molecule has 0 bridgehead atoms. The van der Waals surface area contributed by atoms with Crippen LogP contribution in [-0.2, 0) is 13.5 Å². The Morgan fingerprint density at radius 2 is 2.29 bits per heavy atom. The second-order valence-corrected chi connectivity index (χ2v) is 4.30. The average molecular weight is 251 g/mol. The Hall–Kier alpha value is -1.39. The van der Waals surface area contributed by atoms with Gasteiger partial charge in [0.25, 0.3) is 0 Å². The lowest BCUT2D eigenvalue weighted by Crippen LogP contribution is -2.20. The second kappa shape index (κ2) is 5.29. The first-order chi connectivity index (χ1) is 8.22. The minimum Gasteiger partial charge on any atom is -0.338 e. The number of nitrogens with zero attached hydrogens (tertiary/aromatic N) is 3. The monoisotopic (exact) mass is 250 g/mol. The number of halogens is 1. The summed E-state index contributed by atoms with van der Waals surface area (Å²) in [5.74, 6) is 1.03. The highest BCUT2D eigenvalue weighted by atomic mass is 35.5. The van der Waals surface area contributed by atoms with Gasteiger partial charge in [-0.1, -0.05) is 11.6 Å². The third-order valence-electron chi connectivity index (χ3n) is 2.84. The first-order valence-corrected chi connectivity index (χ1v) is 5.83. The third-order valence-corrected chi connectivity index (χ3v) is 3.15. The molecule has 17 heavy (non-hydrogen) atoms. The number of aryl methyl sites for hydroxylation is 1. The molecule has 1 unspecified atom stereocenters. The van der Waals surface area contributed by atoms with Gasteiger partial charge in [-0.25, -0.2) is 4.98 Å². The second-order valence-electron chi connectivity index (χ2n) is 3.90. The number of likely N-dealkylation sites (N-methyl/N-ethyl adjacent to an activating group) is 1. The van der Waals surface area contributed by atoms with Gasteiger partial charge in [0.1, 0.15) is 5.82 Å². The molecule has 90 valence electrons. The Morgan fingerprint density at radius 3 is 2.88 bits per heavy atom. The maximum atomic E-state index is 6.15. The van der Waals surface area contributed by atoms with E-state index >= 15 is 0 Å². The third kappa shape index (κ3) is 2.65. The Labute approximate surface area is 106 Å². The van der Waals surface area contributed by atoms with E-state index < -0.39 is 0 Å². The van der Waals surface area contributed by atoms with Crippen LogP contribution >= 0.6 is 11.6 Å². The van der Waals surface area contributed by atoms with Crippen LogP contribution < -0.4 is 5.32 Å². The van der Waals surface area contributed by atoms with E-state index in [0.29, 0.717) is 5.02 Å². The van der Waals surface area contributed by atoms with Gasteiger partial charge < -0.3 is 9.88 Å². The zero-order valence-corrected chi connectivity index (χ0v) is 10.6. The number of rotatable bonds is 4. The molecule has 2 aromatic heterocycles. The van der Waals surface area contributed by atoms with Crippen LogP contribution in [-0.4, -0.2) is 21.6 Å². The van der Waals surface area contributed by atoms with Crippen molar-refractivity contribution in [1.29, 1.82) is 0 Å². The Morgan fingerprint density at radius 1 is 1.47 bits per heavy atom. The minimum atomic E-state index is 0.145.